The zero-order valence-corrected chi connectivity index (χ0v) is 10.2. The van der Waals surface area contributed by atoms with Gasteiger partial charge in [0.15, 0.2) is 0 Å². The van der Waals surface area contributed by atoms with Gasteiger partial charge in [-0.1, -0.05) is 0 Å². The number of aliphatic carboxylic acids is 1. The molecule has 0 aliphatic heterocycles. The SMILES string of the molecule is Cc1nn(C)c(N(CC(=O)O)CC(F)(F)F)c1C#N. The van der Waals surface area contributed by atoms with Crippen molar-refractivity contribution >= 4 is 11.8 Å². The van der Waals surface area contributed by atoms with Gasteiger partial charge in [0.05, 0.1) is 5.69 Å². The molecule has 0 fully saturated rings. The van der Waals surface area contributed by atoms with Crippen molar-refractivity contribution in [2.75, 3.05) is 18.0 Å². The molecule has 0 bridgehead atoms. The topological polar surface area (TPSA) is 82.2 Å². The second-order valence-electron chi connectivity index (χ2n) is 3.88. The number of anilines is 1. The van der Waals surface area contributed by atoms with Gasteiger partial charge in [-0.05, 0) is 6.92 Å². The number of carbonyl (C=O) groups is 1. The Bertz CT molecular complexity index is 530. The molecule has 104 valence electrons. The first-order valence-corrected chi connectivity index (χ1v) is 5.13. The van der Waals surface area contributed by atoms with E-state index in [1.165, 1.54) is 14.0 Å². The van der Waals surface area contributed by atoms with Crippen molar-refractivity contribution in [1.82, 2.24) is 9.78 Å². The van der Waals surface area contributed by atoms with Crippen molar-refractivity contribution in [2.45, 2.75) is 13.1 Å². The van der Waals surface area contributed by atoms with Crippen LogP contribution in [-0.4, -0.2) is 40.1 Å². The quantitative estimate of drug-likeness (QED) is 0.889. The van der Waals surface area contributed by atoms with Crippen LogP contribution in [0.3, 0.4) is 0 Å². The summed E-state index contributed by atoms with van der Waals surface area (Å²) in [5, 5.41) is 21.4. The number of aryl methyl sites for hydroxylation is 2. The Morgan fingerprint density at radius 2 is 2.16 bits per heavy atom. The molecule has 1 aromatic rings. The lowest BCUT2D eigenvalue weighted by atomic mass is 10.2. The Kier molecular flexibility index (Phi) is 4.04. The molecule has 0 amide bonds. The molecule has 0 aliphatic rings. The lowest BCUT2D eigenvalue weighted by Crippen LogP contribution is -2.39. The normalized spacial score (nSPS) is 11.2. The van der Waals surface area contributed by atoms with Crippen LogP contribution >= 0.6 is 0 Å². The van der Waals surface area contributed by atoms with Crippen LogP contribution in [0.1, 0.15) is 11.3 Å². The number of alkyl halides is 3. The minimum absolute atomic E-state index is 0.0620. The second-order valence-corrected chi connectivity index (χ2v) is 3.88. The zero-order valence-electron chi connectivity index (χ0n) is 10.2. The summed E-state index contributed by atoms with van der Waals surface area (Å²) in [5.41, 5.74) is 0.186. The number of nitrogens with zero attached hydrogens (tertiary/aromatic N) is 4. The van der Waals surface area contributed by atoms with Crippen molar-refractivity contribution in [1.29, 1.82) is 5.26 Å². The molecule has 1 N–H and O–H groups in total. The first-order valence-electron chi connectivity index (χ1n) is 5.13. The number of aromatic nitrogens is 2. The Hall–Kier alpha value is -2.24. The van der Waals surface area contributed by atoms with Crippen LogP contribution in [0.2, 0.25) is 0 Å². The van der Waals surface area contributed by atoms with Crippen LogP contribution in [-0.2, 0) is 11.8 Å². The number of carboxylic acids is 1. The van der Waals surface area contributed by atoms with E-state index < -0.39 is 25.2 Å². The highest BCUT2D eigenvalue weighted by Gasteiger charge is 2.34. The molecule has 0 spiro atoms. The van der Waals surface area contributed by atoms with Crippen LogP contribution in [0, 0.1) is 18.3 Å². The average molecular weight is 276 g/mol. The molecule has 0 atom stereocenters. The van der Waals surface area contributed by atoms with Gasteiger partial charge in [0.25, 0.3) is 0 Å². The van der Waals surface area contributed by atoms with Gasteiger partial charge in [0.1, 0.15) is 30.5 Å². The minimum Gasteiger partial charge on any atom is -0.480 e. The van der Waals surface area contributed by atoms with Crippen LogP contribution in [0.25, 0.3) is 0 Å². The molecular weight excluding hydrogens is 265 g/mol. The van der Waals surface area contributed by atoms with E-state index in [4.69, 9.17) is 10.4 Å². The fraction of sp³-hybridized carbons (Fsp3) is 0.500. The van der Waals surface area contributed by atoms with E-state index in [1.54, 1.807) is 6.07 Å². The predicted octanol–water partition coefficient (Wildman–Crippen LogP) is 1.05. The summed E-state index contributed by atoms with van der Waals surface area (Å²) in [6.07, 6.45) is -4.58. The summed E-state index contributed by atoms with van der Waals surface area (Å²) in [6, 6.07) is 1.74. The highest BCUT2D eigenvalue weighted by molar-refractivity contribution is 5.74. The molecular formula is C10H11F3N4O2. The van der Waals surface area contributed by atoms with E-state index in [1.807, 2.05) is 0 Å². The average Bonchev–Trinajstić information content (AvgIpc) is 2.48. The second kappa shape index (κ2) is 5.17. The highest BCUT2D eigenvalue weighted by Crippen LogP contribution is 2.26. The van der Waals surface area contributed by atoms with Gasteiger partial charge < -0.3 is 10.0 Å². The van der Waals surface area contributed by atoms with Crippen molar-refractivity contribution in [3.8, 4) is 6.07 Å². The molecule has 0 saturated heterocycles. The fourth-order valence-corrected chi connectivity index (χ4v) is 1.73. The van der Waals surface area contributed by atoms with Crippen LogP contribution in [0.15, 0.2) is 0 Å². The molecule has 0 aromatic carbocycles. The summed E-state index contributed by atoms with van der Waals surface area (Å²) in [6.45, 7) is -0.866. The van der Waals surface area contributed by atoms with Crippen molar-refractivity contribution in [3.05, 3.63) is 11.3 Å². The minimum atomic E-state index is -4.58. The van der Waals surface area contributed by atoms with E-state index in [0.717, 1.165) is 4.68 Å². The summed E-state index contributed by atoms with van der Waals surface area (Å²) in [5.74, 6) is -1.58. The zero-order chi connectivity index (χ0) is 14.8. The third kappa shape index (κ3) is 3.61. The molecule has 0 aliphatic carbocycles. The van der Waals surface area contributed by atoms with Gasteiger partial charge in [0.2, 0.25) is 0 Å². The van der Waals surface area contributed by atoms with Gasteiger partial charge >= 0.3 is 12.1 Å². The number of nitriles is 1. The molecule has 19 heavy (non-hydrogen) atoms. The van der Waals surface area contributed by atoms with E-state index in [2.05, 4.69) is 5.10 Å². The smallest absolute Gasteiger partial charge is 0.405 e. The third-order valence-corrected chi connectivity index (χ3v) is 2.30. The maximum Gasteiger partial charge on any atom is 0.405 e. The lowest BCUT2D eigenvalue weighted by Gasteiger charge is -2.24. The number of rotatable bonds is 4. The Morgan fingerprint density at radius 3 is 2.58 bits per heavy atom. The molecule has 9 heteroatoms. The molecule has 6 nitrogen and oxygen atoms in total. The van der Waals surface area contributed by atoms with Crippen molar-refractivity contribution in [2.24, 2.45) is 7.05 Å². The first-order chi connectivity index (χ1) is 8.65. The van der Waals surface area contributed by atoms with Crippen LogP contribution in [0.4, 0.5) is 19.0 Å². The standard InChI is InChI=1S/C10H11F3N4O2/c1-6-7(3-14)9(16(2)15-6)17(4-8(18)19)5-10(11,12)13/h4-5H2,1-2H3,(H,18,19). The summed E-state index contributed by atoms with van der Waals surface area (Å²) >= 11 is 0. The molecule has 1 rings (SSSR count). The molecule has 1 heterocycles. The summed E-state index contributed by atoms with van der Waals surface area (Å²) in [4.78, 5) is 11.2. The Morgan fingerprint density at radius 1 is 1.58 bits per heavy atom. The largest absolute Gasteiger partial charge is 0.480 e. The maximum absolute atomic E-state index is 12.5. The third-order valence-electron chi connectivity index (χ3n) is 2.30. The first kappa shape index (κ1) is 14.8. The molecule has 1 aromatic heterocycles. The number of carboxylic acid groups (broad SMARTS) is 1. The molecule has 0 saturated carbocycles. The molecule has 0 unspecified atom stereocenters. The number of hydrogen-bond donors (Lipinski definition) is 1. The molecule has 0 radical (unpaired) electrons. The van der Waals surface area contributed by atoms with Crippen LogP contribution in [0.5, 0.6) is 0 Å². The monoisotopic (exact) mass is 276 g/mol. The summed E-state index contributed by atoms with van der Waals surface area (Å²) in [7, 11) is 1.36. The summed E-state index contributed by atoms with van der Waals surface area (Å²) < 4.78 is 38.5. The van der Waals surface area contributed by atoms with Crippen LogP contribution < -0.4 is 4.90 Å². The lowest BCUT2D eigenvalue weighted by molar-refractivity contribution is -0.136. The van der Waals surface area contributed by atoms with Gasteiger partial charge in [0, 0.05) is 7.05 Å². The van der Waals surface area contributed by atoms with E-state index in [-0.39, 0.29) is 17.1 Å². The van der Waals surface area contributed by atoms with Crippen molar-refractivity contribution in [3.63, 3.8) is 0 Å². The maximum atomic E-state index is 12.5. The highest BCUT2D eigenvalue weighted by atomic mass is 19.4. The predicted molar refractivity (Wildman–Crippen MR) is 58.6 cm³/mol. The van der Waals surface area contributed by atoms with Gasteiger partial charge in [-0.15, -0.1) is 0 Å². The van der Waals surface area contributed by atoms with E-state index in [0.29, 0.717) is 4.90 Å². The fourth-order valence-electron chi connectivity index (χ4n) is 1.73. The Balaban J connectivity index is 3.25. The van der Waals surface area contributed by atoms with Gasteiger partial charge in [-0.25, -0.2) is 0 Å². The van der Waals surface area contributed by atoms with Gasteiger partial charge in [-0.2, -0.15) is 23.5 Å². The number of hydrogen-bond acceptors (Lipinski definition) is 4. The van der Waals surface area contributed by atoms with E-state index >= 15 is 0 Å². The van der Waals surface area contributed by atoms with Gasteiger partial charge in [-0.3, -0.25) is 9.48 Å². The number of halogens is 3. The van der Waals surface area contributed by atoms with Crippen molar-refractivity contribution < 1.29 is 23.1 Å². The van der Waals surface area contributed by atoms with E-state index in [9.17, 15) is 18.0 Å². The Labute approximate surface area is 106 Å².